The quantitative estimate of drug-likeness (QED) is 0.775. The van der Waals surface area contributed by atoms with E-state index in [0.717, 1.165) is 23.8 Å². The van der Waals surface area contributed by atoms with Gasteiger partial charge in [-0.3, -0.25) is 4.79 Å². The lowest BCUT2D eigenvalue weighted by molar-refractivity contribution is -0.118. The number of hydrogen-bond donors (Lipinski definition) is 1. The van der Waals surface area contributed by atoms with Crippen LogP contribution in [0.3, 0.4) is 0 Å². The first-order valence-corrected chi connectivity index (χ1v) is 8.70. The summed E-state index contributed by atoms with van der Waals surface area (Å²) in [6.45, 7) is 0. The highest BCUT2D eigenvalue weighted by Gasteiger charge is 2.29. The molecule has 0 aliphatic heterocycles. The Morgan fingerprint density at radius 3 is 2.87 bits per heavy atom. The summed E-state index contributed by atoms with van der Waals surface area (Å²) in [6, 6.07) is 5.02. The van der Waals surface area contributed by atoms with Crippen LogP contribution in [0.1, 0.15) is 36.7 Å². The van der Waals surface area contributed by atoms with E-state index in [0.29, 0.717) is 28.8 Å². The Morgan fingerprint density at radius 2 is 2.22 bits per heavy atom. The van der Waals surface area contributed by atoms with Crippen molar-refractivity contribution in [2.75, 3.05) is 0 Å². The number of thioether (sulfide) groups is 1. The third-order valence-corrected chi connectivity index (χ3v) is 4.97. The van der Waals surface area contributed by atoms with E-state index in [-0.39, 0.29) is 18.1 Å². The molecule has 1 fully saturated rings. The molecule has 0 unspecified atom stereocenters. The van der Waals surface area contributed by atoms with Crippen molar-refractivity contribution in [3.05, 3.63) is 40.4 Å². The van der Waals surface area contributed by atoms with Gasteiger partial charge in [0.1, 0.15) is 11.6 Å². The molecule has 1 heterocycles. The van der Waals surface area contributed by atoms with Gasteiger partial charge in [0.15, 0.2) is 5.16 Å². The van der Waals surface area contributed by atoms with Crippen LogP contribution < -0.4 is 5.73 Å². The average molecular weight is 355 g/mol. The number of aryl methyl sites for hydroxylation is 1. The maximum Gasteiger partial charge on any atom is 0.217 e. The van der Waals surface area contributed by atoms with Gasteiger partial charge in [-0.25, -0.2) is 4.39 Å². The highest BCUT2D eigenvalue weighted by molar-refractivity contribution is 7.98. The lowest BCUT2D eigenvalue weighted by Gasteiger charge is -2.09. The van der Waals surface area contributed by atoms with Gasteiger partial charge in [0.05, 0.1) is 0 Å². The van der Waals surface area contributed by atoms with Gasteiger partial charge in [-0.15, -0.1) is 10.2 Å². The SMILES string of the molecule is NC(=O)CCc1nnc(SCc2c(F)cccc2Cl)n1C1CC1. The molecule has 2 aromatic rings. The first-order chi connectivity index (χ1) is 11.1. The smallest absolute Gasteiger partial charge is 0.217 e. The van der Waals surface area contributed by atoms with E-state index in [1.54, 1.807) is 12.1 Å². The van der Waals surface area contributed by atoms with E-state index >= 15 is 0 Å². The van der Waals surface area contributed by atoms with Crippen molar-refractivity contribution in [2.45, 2.75) is 42.6 Å². The Balaban J connectivity index is 1.76. The molecule has 1 saturated carbocycles. The van der Waals surface area contributed by atoms with E-state index in [2.05, 4.69) is 10.2 Å². The molecule has 1 amide bonds. The van der Waals surface area contributed by atoms with Crippen molar-refractivity contribution < 1.29 is 9.18 Å². The highest BCUT2D eigenvalue weighted by atomic mass is 35.5. The molecule has 3 rings (SSSR count). The molecule has 0 spiro atoms. The molecule has 8 heteroatoms. The van der Waals surface area contributed by atoms with E-state index in [1.807, 2.05) is 4.57 Å². The fourth-order valence-corrected chi connectivity index (χ4v) is 3.69. The monoisotopic (exact) mass is 354 g/mol. The molecule has 0 bridgehead atoms. The van der Waals surface area contributed by atoms with Crippen LogP contribution in [-0.2, 0) is 17.0 Å². The van der Waals surface area contributed by atoms with Crippen LogP contribution in [0.4, 0.5) is 4.39 Å². The zero-order chi connectivity index (χ0) is 16.4. The summed E-state index contributed by atoms with van der Waals surface area (Å²) in [5.41, 5.74) is 5.66. The maximum atomic E-state index is 13.8. The molecule has 0 saturated heterocycles. The van der Waals surface area contributed by atoms with Crippen molar-refractivity contribution in [1.29, 1.82) is 0 Å². The highest BCUT2D eigenvalue weighted by Crippen LogP contribution is 2.40. The lowest BCUT2D eigenvalue weighted by atomic mass is 10.2. The minimum absolute atomic E-state index is 0.245. The Morgan fingerprint density at radius 1 is 1.43 bits per heavy atom. The van der Waals surface area contributed by atoms with Crippen LogP contribution in [-0.4, -0.2) is 20.7 Å². The first kappa shape index (κ1) is 16.3. The molecular weight excluding hydrogens is 339 g/mol. The Hall–Kier alpha value is -1.60. The summed E-state index contributed by atoms with van der Waals surface area (Å²) in [4.78, 5) is 11.0. The fraction of sp³-hybridized carbons (Fsp3) is 0.400. The normalized spacial score (nSPS) is 14.2. The number of carbonyl (C=O) groups is 1. The van der Waals surface area contributed by atoms with Crippen molar-refractivity contribution in [1.82, 2.24) is 14.8 Å². The van der Waals surface area contributed by atoms with Crippen LogP contribution in [0, 0.1) is 5.82 Å². The van der Waals surface area contributed by atoms with Gasteiger partial charge in [0.25, 0.3) is 0 Å². The minimum Gasteiger partial charge on any atom is -0.370 e. The number of hydrogen-bond acceptors (Lipinski definition) is 4. The predicted octanol–water partition coefficient (Wildman–Crippen LogP) is 3.12. The van der Waals surface area contributed by atoms with Gasteiger partial charge >= 0.3 is 0 Å². The average Bonchev–Trinajstić information content (AvgIpc) is 3.26. The van der Waals surface area contributed by atoms with E-state index < -0.39 is 0 Å². The van der Waals surface area contributed by atoms with Crippen LogP contribution >= 0.6 is 23.4 Å². The second-order valence-corrected chi connectivity index (χ2v) is 6.80. The number of benzene rings is 1. The molecule has 0 atom stereocenters. The summed E-state index contributed by atoms with van der Waals surface area (Å²) >= 11 is 7.45. The van der Waals surface area contributed by atoms with Gasteiger partial charge < -0.3 is 10.3 Å². The number of aromatic nitrogens is 3. The van der Waals surface area contributed by atoms with E-state index in [1.165, 1.54) is 17.8 Å². The largest absolute Gasteiger partial charge is 0.370 e. The van der Waals surface area contributed by atoms with Gasteiger partial charge in [0, 0.05) is 35.2 Å². The first-order valence-electron chi connectivity index (χ1n) is 7.34. The van der Waals surface area contributed by atoms with E-state index in [4.69, 9.17) is 17.3 Å². The molecule has 1 aromatic heterocycles. The van der Waals surface area contributed by atoms with Gasteiger partial charge in [-0.05, 0) is 25.0 Å². The number of nitrogens with zero attached hydrogens (tertiary/aromatic N) is 3. The van der Waals surface area contributed by atoms with Crippen molar-refractivity contribution in [3.63, 3.8) is 0 Å². The third-order valence-electron chi connectivity index (χ3n) is 3.65. The predicted molar refractivity (Wildman–Crippen MR) is 86.8 cm³/mol. The molecule has 0 radical (unpaired) electrons. The molecule has 2 N–H and O–H groups in total. The zero-order valence-corrected chi connectivity index (χ0v) is 13.9. The zero-order valence-electron chi connectivity index (χ0n) is 12.3. The maximum absolute atomic E-state index is 13.8. The minimum atomic E-state index is -0.359. The molecule has 1 aromatic carbocycles. The Bertz CT molecular complexity index is 712. The topological polar surface area (TPSA) is 73.8 Å². The van der Waals surface area contributed by atoms with Gasteiger partial charge in [0.2, 0.25) is 5.91 Å². The number of primary amides is 1. The number of amides is 1. The van der Waals surface area contributed by atoms with Crippen molar-refractivity contribution >= 4 is 29.3 Å². The summed E-state index contributed by atoms with van der Waals surface area (Å²) in [5.74, 6) is 0.458. The standard InChI is InChI=1S/C15H16ClFN4OS/c16-11-2-1-3-12(17)10(11)8-23-15-20-19-14(7-6-13(18)22)21(15)9-4-5-9/h1-3,9H,4-8H2,(H2,18,22). The number of carbonyl (C=O) groups excluding carboxylic acids is 1. The number of nitrogens with two attached hydrogens (primary N) is 1. The summed E-state index contributed by atoms with van der Waals surface area (Å²) in [7, 11) is 0. The van der Waals surface area contributed by atoms with Crippen molar-refractivity contribution in [2.24, 2.45) is 5.73 Å². The second-order valence-electron chi connectivity index (χ2n) is 5.46. The van der Waals surface area contributed by atoms with Gasteiger partial charge in [-0.2, -0.15) is 0 Å². The molecule has 1 aliphatic carbocycles. The summed E-state index contributed by atoms with van der Waals surface area (Å²) in [6.07, 6.45) is 2.85. The number of rotatable bonds is 7. The van der Waals surface area contributed by atoms with Crippen LogP contribution in [0.2, 0.25) is 5.02 Å². The summed E-state index contributed by atoms with van der Waals surface area (Å²) < 4.78 is 15.9. The molecule has 1 aliphatic rings. The lowest BCUT2D eigenvalue weighted by Crippen LogP contribution is -2.13. The van der Waals surface area contributed by atoms with Crippen molar-refractivity contribution in [3.8, 4) is 0 Å². The van der Waals surface area contributed by atoms with Crippen LogP contribution in [0.15, 0.2) is 23.4 Å². The van der Waals surface area contributed by atoms with Crippen LogP contribution in [0.25, 0.3) is 0 Å². The number of halogens is 2. The van der Waals surface area contributed by atoms with Gasteiger partial charge in [-0.1, -0.05) is 29.4 Å². The van der Waals surface area contributed by atoms with Crippen LogP contribution in [0.5, 0.6) is 0 Å². The molecule has 5 nitrogen and oxygen atoms in total. The Kier molecular flexibility index (Phi) is 4.87. The molecule has 122 valence electrons. The summed E-state index contributed by atoms with van der Waals surface area (Å²) in [5, 5.41) is 9.49. The third kappa shape index (κ3) is 3.84. The second kappa shape index (κ2) is 6.88. The molecule has 23 heavy (non-hydrogen) atoms. The Labute approximate surface area is 142 Å². The fourth-order valence-electron chi connectivity index (χ4n) is 2.32. The molecular formula is C15H16ClFN4OS. The van der Waals surface area contributed by atoms with E-state index in [9.17, 15) is 9.18 Å².